The van der Waals surface area contributed by atoms with Crippen LogP contribution in [0.2, 0.25) is 0 Å². The monoisotopic (exact) mass is 289 g/mol. The van der Waals surface area contributed by atoms with E-state index in [2.05, 4.69) is 48.9 Å². The molecule has 0 spiro atoms. The van der Waals surface area contributed by atoms with Gasteiger partial charge in [0.05, 0.1) is 16.6 Å². The summed E-state index contributed by atoms with van der Waals surface area (Å²) >= 11 is 0. The second-order valence-corrected chi connectivity index (χ2v) is 6.02. The Morgan fingerprint density at radius 1 is 1.33 bits per heavy atom. The van der Waals surface area contributed by atoms with E-state index in [0.717, 1.165) is 30.7 Å². The second kappa shape index (κ2) is 6.58. The van der Waals surface area contributed by atoms with Crippen molar-refractivity contribution < 1.29 is 4.74 Å². The summed E-state index contributed by atoms with van der Waals surface area (Å²) in [6, 6.07) is 8.58. The molecule has 0 saturated heterocycles. The molecule has 1 aromatic carbocycles. The molecule has 0 radical (unpaired) electrons. The standard InChI is InChI=1S/C17H27N3O/c1-6-11-20-14-10-8-7-9-13(14)19-16(20)12-15(18-4)17(2,3)21-5/h7-10,15,18H,6,11-12H2,1-5H3. The van der Waals surface area contributed by atoms with Crippen molar-refractivity contribution in [3.63, 3.8) is 0 Å². The van der Waals surface area contributed by atoms with Gasteiger partial charge in [-0.1, -0.05) is 19.1 Å². The lowest BCUT2D eigenvalue weighted by Crippen LogP contribution is -2.48. The summed E-state index contributed by atoms with van der Waals surface area (Å²) in [5.74, 6) is 1.13. The minimum atomic E-state index is -0.232. The van der Waals surface area contributed by atoms with Gasteiger partial charge in [-0.25, -0.2) is 4.98 Å². The molecular weight excluding hydrogens is 262 g/mol. The van der Waals surface area contributed by atoms with Crippen LogP contribution in [-0.4, -0.2) is 35.4 Å². The zero-order valence-corrected chi connectivity index (χ0v) is 13.8. The number of benzene rings is 1. The van der Waals surface area contributed by atoms with Crippen molar-refractivity contribution in [3.05, 3.63) is 30.1 Å². The molecule has 4 nitrogen and oxygen atoms in total. The third kappa shape index (κ3) is 3.27. The van der Waals surface area contributed by atoms with E-state index in [1.54, 1.807) is 7.11 Å². The average Bonchev–Trinajstić information content (AvgIpc) is 2.83. The summed E-state index contributed by atoms with van der Waals surface area (Å²) in [6.45, 7) is 7.43. The molecule has 116 valence electrons. The molecule has 0 aliphatic heterocycles. The molecule has 1 N–H and O–H groups in total. The first kappa shape index (κ1) is 16.0. The Hall–Kier alpha value is -1.39. The molecule has 1 unspecified atom stereocenters. The Bertz CT molecular complexity index is 589. The summed E-state index contributed by atoms with van der Waals surface area (Å²) in [5.41, 5.74) is 2.06. The molecule has 0 amide bonds. The topological polar surface area (TPSA) is 39.1 Å². The third-order valence-corrected chi connectivity index (χ3v) is 4.28. The summed E-state index contributed by atoms with van der Waals surface area (Å²) in [4.78, 5) is 4.83. The Labute approximate surface area is 127 Å². The fourth-order valence-corrected chi connectivity index (χ4v) is 2.77. The van der Waals surface area contributed by atoms with E-state index in [-0.39, 0.29) is 11.6 Å². The molecule has 0 aliphatic carbocycles. The van der Waals surface area contributed by atoms with Crippen molar-refractivity contribution in [2.24, 2.45) is 0 Å². The Morgan fingerprint density at radius 3 is 2.67 bits per heavy atom. The van der Waals surface area contributed by atoms with E-state index in [0.29, 0.717) is 0 Å². The van der Waals surface area contributed by atoms with Crippen LogP contribution in [0.4, 0.5) is 0 Å². The van der Waals surface area contributed by atoms with Gasteiger partial charge in [0.1, 0.15) is 5.82 Å². The van der Waals surface area contributed by atoms with Gasteiger partial charge in [-0.15, -0.1) is 0 Å². The van der Waals surface area contributed by atoms with Crippen molar-refractivity contribution in [1.82, 2.24) is 14.9 Å². The van der Waals surface area contributed by atoms with Gasteiger partial charge in [-0.2, -0.15) is 0 Å². The van der Waals surface area contributed by atoms with E-state index < -0.39 is 0 Å². The van der Waals surface area contributed by atoms with Crippen molar-refractivity contribution in [1.29, 1.82) is 0 Å². The smallest absolute Gasteiger partial charge is 0.111 e. The Kier molecular flexibility index (Phi) is 5.01. The van der Waals surface area contributed by atoms with E-state index in [9.17, 15) is 0 Å². The van der Waals surface area contributed by atoms with E-state index in [1.807, 2.05) is 13.1 Å². The first-order valence-corrected chi connectivity index (χ1v) is 7.70. The average molecular weight is 289 g/mol. The molecular formula is C17H27N3O. The van der Waals surface area contributed by atoms with Crippen LogP contribution in [0, 0.1) is 0 Å². The number of ether oxygens (including phenoxy) is 1. The molecule has 1 aromatic heterocycles. The Morgan fingerprint density at radius 2 is 2.05 bits per heavy atom. The van der Waals surface area contributed by atoms with Crippen LogP contribution in [-0.2, 0) is 17.7 Å². The van der Waals surface area contributed by atoms with Gasteiger partial charge in [0.2, 0.25) is 0 Å². The molecule has 1 atom stereocenters. The zero-order valence-electron chi connectivity index (χ0n) is 13.8. The van der Waals surface area contributed by atoms with Gasteiger partial charge >= 0.3 is 0 Å². The van der Waals surface area contributed by atoms with Crippen LogP contribution in [0.5, 0.6) is 0 Å². The van der Waals surface area contributed by atoms with Gasteiger partial charge in [-0.3, -0.25) is 0 Å². The SMILES string of the molecule is CCCn1c(CC(NC)C(C)(C)OC)nc2ccccc21. The van der Waals surface area contributed by atoms with Gasteiger partial charge < -0.3 is 14.6 Å². The highest BCUT2D eigenvalue weighted by atomic mass is 16.5. The van der Waals surface area contributed by atoms with Crippen LogP contribution in [0.25, 0.3) is 11.0 Å². The molecule has 0 saturated carbocycles. The number of likely N-dealkylation sites (N-methyl/N-ethyl adjacent to an activating group) is 1. The van der Waals surface area contributed by atoms with Crippen LogP contribution >= 0.6 is 0 Å². The lowest BCUT2D eigenvalue weighted by molar-refractivity contribution is -0.00865. The van der Waals surface area contributed by atoms with Crippen molar-refractivity contribution in [3.8, 4) is 0 Å². The minimum absolute atomic E-state index is 0.218. The molecule has 21 heavy (non-hydrogen) atoms. The van der Waals surface area contributed by atoms with Gasteiger partial charge in [0.25, 0.3) is 0 Å². The predicted molar refractivity (Wildman–Crippen MR) is 87.7 cm³/mol. The number of hydrogen-bond acceptors (Lipinski definition) is 3. The maximum Gasteiger partial charge on any atom is 0.111 e. The number of hydrogen-bond donors (Lipinski definition) is 1. The van der Waals surface area contributed by atoms with Crippen LogP contribution in [0.1, 0.15) is 33.0 Å². The second-order valence-electron chi connectivity index (χ2n) is 6.02. The highest BCUT2D eigenvalue weighted by Crippen LogP contribution is 2.21. The number of rotatable bonds is 7. The minimum Gasteiger partial charge on any atom is -0.377 e. The van der Waals surface area contributed by atoms with Crippen LogP contribution in [0.3, 0.4) is 0 Å². The highest BCUT2D eigenvalue weighted by Gasteiger charge is 2.29. The Balaban J connectivity index is 2.38. The molecule has 0 fully saturated rings. The molecule has 2 rings (SSSR count). The van der Waals surface area contributed by atoms with Crippen molar-refractivity contribution in [2.75, 3.05) is 14.2 Å². The third-order valence-electron chi connectivity index (χ3n) is 4.28. The molecule has 4 heteroatoms. The van der Waals surface area contributed by atoms with Gasteiger partial charge in [0.15, 0.2) is 0 Å². The number of nitrogens with zero attached hydrogens (tertiary/aromatic N) is 2. The maximum absolute atomic E-state index is 5.64. The van der Waals surface area contributed by atoms with E-state index in [4.69, 9.17) is 9.72 Å². The van der Waals surface area contributed by atoms with Crippen molar-refractivity contribution >= 4 is 11.0 Å². The predicted octanol–water partition coefficient (Wildman–Crippen LogP) is 3.00. The molecule has 0 aliphatic rings. The number of aromatic nitrogens is 2. The fourth-order valence-electron chi connectivity index (χ4n) is 2.77. The van der Waals surface area contributed by atoms with Crippen molar-refractivity contribution in [2.45, 2.75) is 51.8 Å². The van der Waals surface area contributed by atoms with Crippen LogP contribution < -0.4 is 5.32 Å². The molecule has 2 aromatic rings. The molecule has 0 bridgehead atoms. The molecule has 1 heterocycles. The summed E-state index contributed by atoms with van der Waals surface area (Å²) in [7, 11) is 3.75. The fraction of sp³-hybridized carbons (Fsp3) is 0.588. The zero-order chi connectivity index (χ0) is 15.5. The van der Waals surface area contributed by atoms with Crippen LogP contribution in [0.15, 0.2) is 24.3 Å². The summed E-state index contributed by atoms with van der Waals surface area (Å²) in [6.07, 6.45) is 1.96. The maximum atomic E-state index is 5.64. The number of aryl methyl sites for hydroxylation is 1. The first-order chi connectivity index (χ1) is 10.0. The number of methoxy groups -OCH3 is 1. The van der Waals surface area contributed by atoms with Gasteiger partial charge in [-0.05, 0) is 39.4 Å². The number of para-hydroxylation sites is 2. The number of nitrogens with one attached hydrogen (secondary N) is 1. The van der Waals surface area contributed by atoms with Gasteiger partial charge in [0, 0.05) is 26.1 Å². The highest BCUT2D eigenvalue weighted by molar-refractivity contribution is 5.75. The largest absolute Gasteiger partial charge is 0.377 e. The summed E-state index contributed by atoms with van der Waals surface area (Å²) in [5, 5.41) is 3.38. The number of fused-ring (bicyclic) bond motifs is 1. The normalized spacial score (nSPS) is 13.8. The first-order valence-electron chi connectivity index (χ1n) is 7.70. The lowest BCUT2D eigenvalue weighted by atomic mass is 9.95. The summed E-state index contributed by atoms with van der Waals surface area (Å²) < 4.78 is 7.98. The quantitative estimate of drug-likeness (QED) is 0.851. The number of imidazole rings is 1. The van der Waals surface area contributed by atoms with E-state index in [1.165, 1.54) is 5.52 Å². The lowest BCUT2D eigenvalue weighted by Gasteiger charge is -2.32. The van der Waals surface area contributed by atoms with E-state index >= 15 is 0 Å².